The van der Waals surface area contributed by atoms with Crippen molar-refractivity contribution in [3.8, 4) is 16.9 Å². The summed E-state index contributed by atoms with van der Waals surface area (Å²) in [5.41, 5.74) is 7.08. The number of aryl methyl sites for hydroxylation is 1. The zero-order valence-electron chi connectivity index (χ0n) is 41.2. The molecule has 21 heteroatoms. The van der Waals surface area contributed by atoms with Crippen LogP contribution < -0.4 is 35.8 Å². The highest BCUT2D eigenvalue weighted by atomic mass is 35.5. The largest absolute Gasteiger partial charge is 0.494 e. The minimum atomic E-state index is -2.85. The molecule has 0 radical (unpaired) electrons. The van der Waals surface area contributed by atoms with E-state index >= 15 is 0 Å². The SMILES string of the molecule is COc1cc(N2CCC(N3CCC4(CCCN(c5ccc6c(c5)C(=O)N(C5CCC(=O)NC5=O)C6=O)C4)CC3)CC2)c(-c2cnn(C)c2)cc1Nc1ncc(Cl)c(Nc2ccc3nccnc3c2P(C)(C)=O)n1. The molecule has 4 saturated heterocycles. The highest BCUT2D eigenvalue weighted by Gasteiger charge is 2.46. The van der Waals surface area contributed by atoms with Gasteiger partial charge in [0.1, 0.15) is 29.5 Å². The Morgan fingerprint density at radius 1 is 0.822 bits per heavy atom. The molecule has 5 aliphatic rings. The molecule has 11 rings (SSSR count). The fraction of sp³-hybridized carbons (Fsp3) is 0.404. The lowest BCUT2D eigenvalue weighted by Gasteiger charge is -2.50. The van der Waals surface area contributed by atoms with Crippen LogP contribution in [-0.2, 0) is 21.2 Å². The van der Waals surface area contributed by atoms with Crippen molar-refractivity contribution in [1.29, 1.82) is 0 Å². The fourth-order valence-corrected chi connectivity index (χ4v) is 13.2. The Labute approximate surface area is 427 Å². The first-order chi connectivity index (χ1) is 35.1. The van der Waals surface area contributed by atoms with Crippen LogP contribution in [0.2, 0.25) is 5.02 Å². The number of piperidine rings is 4. The number of nitrogens with zero attached hydrogens (tertiary/aromatic N) is 10. The van der Waals surface area contributed by atoms with E-state index in [0.717, 1.165) is 105 Å². The number of methoxy groups -OCH3 is 1. The number of benzene rings is 3. The number of carbonyl (C=O) groups is 4. The maximum Gasteiger partial charge on any atom is 0.262 e. The van der Waals surface area contributed by atoms with Gasteiger partial charge in [0.15, 0.2) is 5.82 Å². The first-order valence-electron chi connectivity index (χ1n) is 24.8. The number of hydrogen-bond acceptors (Lipinski definition) is 16. The van der Waals surface area contributed by atoms with Crippen molar-refractivity contribution in [3.05, 3.63) is 89.6 Å². The van der Waals surface area contributed by atoms with E-state index in [1.807, 2.05) is 43.7 Å². The quantitative estimate of drug-likeness (QED) is 0.0883. The third-order valence-electron chi connectivity index (χ3n) is 15.4. The summed E-state index contributed by atoms with van der Waals surface area (Å²) in [7, 11) is 0.709. The van der Waals surface area contributed by atoms with Gasteiger partial charge in [0.25, 0.3) is 11.8 Å². The highest BCUT2D eigenvalue weighted by molar-refractivity contribution is 7.71. The number of nitrogens with one attached hydrogen (secondary N) is 3. The smallest absolute Gasteiger partial charge is 0.262 e. The Morgan fingerprint density at radius 3 is 2.34 bits per heavy atom. The lowest BCUT2D eigenvalue weighted by molar-refractivity contribution is -0.136. The molecule has 4 amide bonds. The van der Waals surface area contributed by atoms with Gasteiger partial charge < -0.3 is 34.6 Å². The van der Waals surface area contributed by atoms with Crippen LogP contribution in [0.4, 0.5) is 34.5 Å². The number of aromatic nitrogens is 6. The topological polar surface area (TPSA) is 213 Å². The average Bonchev–Trinajstić information content (AvgIpc) is 3.93. The van der Waals surface area contributed by atoms with E-state index < -0.39 is 36.8 Å². The van der Waals surface area contributed by atoms with Gasteiger partial charge in [0.2, 0.25) is 17.8 Å². The third-order valence-corrected chi connectivity index (χ3v) is 17.2. The summed E-state index contributed by atoms with van der Waals surface area (Å²) in [5.74, 6) is -0.751. The number of carbonyl (C=O) groups excluding carboxylic acids is 4. The number of halogens is 1. The highest BCUT2D eigenvalue weighted by Crippen LogP contribution is 2.46. The Balaban J connectivity index is 0.759. The molecule has 5 aliphatic heterocycles. The summed E-state index contributed by atoms with van der Waals surface area (Å²) in [6.07, 6.45) is 15.2. The van der Waals surface area contributed by atoms with Crippen molar-refractivity contribution >= 4 is 93.2 Å². The van der Waals surface area contributed by atoms with Gasteiger partial charge in [-0.3, -0.25) is 44.0 Å². The molecule has 1 atom stereocenters. The number of anilines is 6. The van der Waals surface area contributed by atoms with Crippen molar-refractivity contribution in [1.82, 2.24) is 44.8 Å². The van der Waals surface area contributed by atoms with Crippen molar-refractivity contribution < 1.29 is 28.5 Å². The van der Waals surface area contributed by atoms with Gasteiger partial charge >= 0.3 is 0 Å². The fourth-order valence-electron chi connectivity index (χ4n) is 11.6. The van der Waals surface area contributed by atoms with Gasteiger partial charge in [-0.05, 0) is 113 Å². The van der Waals surface area contributed by atoms with E-state index in [1.165, 1.54) is 6.20 Å². The van der Waals surface area contributed by atoms with Gasteiger partial charge in [-0.15, -0.1) is 0 Å². The molecule has 73 heavy (non-hydrogen) atoms. The van der Waals surface area contributed by atoms with Crippen LogP contribution in [-0.4, -0.2) is 135 Å². The van der Waals surface area contributed by atoms with E-state index in [-0.39, 0.29) is 29.2 Å². The Bertz CT molecular complexity index is 3260. The molecule has 378 valence electrons. The molecule has 3 N–H and O–H groups in total. The number of amides is 4. The molecule has 1 spiro atoms. The normalized spacial score (nSPS) is 19.7. The van der Waals surface area contributed by atoms with Gasteiger partial charge in [-0.25, -0.2) is 4.98 Å². The second kappa shape index (κ2) is 19.1. The summed E-state index contributed by atoms with van der Waals surface area (Å²) >= 11 is 6.69. The maximum absolute atomic E-state index is 13.6. The van der Waals surface area contributed by atoms with E-state index in [2.05, 4.69) is 62.8 Å². The molecule has 6 aromatic rings. The van der Waals surface area contributed by atoms with E-state index in [4.69, 9.17) is 21.3 Å². The molecule has 0 aliphatic carbocycles. The standard InChI is InChI=1S/C52H57ClN13O6P/c1-62-29-31(27-57-62)35-25-40(59-51-56-28-37(53)47(61-51)58-39-9-8-38-45(55-18-17-54-38)46(39)73(3,4)71)43(72-2)26-42(35)64-20-12-32(13-21-64)63-22-15-52(16-23-63)14-5-19-65(30-52)33-6-7-34-36(24-33)50(70)66(49(34)69)41-10-11-44(67)60-48(41)68/h6-9,17-18,24-29,32,41H,5,10-16,19-23,30H2,1-4H3,(H,60,67,68)(H2,56,58,59,61). The number of imide groups is 2. The predicted molar refractivity (Wildman–Crippen MR) is 280 cm³/mol. The lowest BCUT2D eigenvalue weighted by Crippen LogP contribution is -2.54. The molecular formula is C52H57ClN13O6P. The number of hydrogen-bond donors (Lipinski definition) is 3. The predicted octanol–water partition coefficient (Wildman–Crippen LogP) is 6.97. The zero-order chi connectivity index (χ0) is 50.8. The maximum atomic E-state index is 13.6. The number of likely N-dealkylation sites (tertiary alicyclic amines) is 1. The second-order valence-electron chi connectivity index (χ2n) is 20.3. The van der Waals surface area contributed by atoms with Crippen molar-refractivity contribution in [2.75, 3.05) is 80.1 Å². The average molecular weight is 1030 g/mol. The van der Waals surface area contributed by atoms with Crippen molar-refractivity contribution in [3.63, 3.8) is 0 Å². The first kappa shape index (κ1) is 48.3. The van der Waals surface area contributed by atoms with E-state index in [0.29, 0.717) is 56.4 Å². The molecule has 0 saturated carbocycles. The van der Waals surface area contributed by atoms with Gasteiger partial charge in [0, 0.05) is 92.8 Å². The van der Waals surface area contributed by atoms with Crippen LogP contribution >= 0.6 is 18.7 Å². The van der Waals surface area contributed by atoms with Crippen LogP contribution in [0.25, 0.3) is 22.2 Å². The molecule has 4 fully saturated rings. The molecule has 0 bridgehead atoms. The first-order valence-corrected chi connectivity index (χ1v) is 27.8. The molecule has 3 aromatic heterocycles. The van der Waals surface area contributed by atoms with Crippen molar-refractivity contribution in [2.24, 2.45) is 12.5 Å². The monoisotopic (exact) mass is 1030 g/mol. The summed E-state index contributed by atoms with van der Waals surface area (Å²) in [4.78, 5) is 78.2. The van der Waals surface area contributed by atoms with Crippen LogP contribution in [0.15, 0.2) is 73.4 Å². The molecule has 19 nitrogen and oxygen atoms in total. The Morgan fingerprint density at radius 2 is 1.60 bits per heavy atom. The molecule has 3 aromatic carbocycles. The Hall–Kier alpha value is -6.95. The van der Waals surface area contributed by atoms with E-state index in [1.54, 1.807) is 43.6 Å². The van der Waals surface area contributed by atoms with Gasteiger partial charge in [-0.2, -0.15) is 10.1 Å². The zero-order valence-corrected chi connectivity index (χ0v) is 42.9. The number of fused-ring (bicyclic) bond motifs is 2. The second-order valence-corrected chi connectivity index (χ2v) is 23.9. The molecular weight excluding hydrogens is 969 g/mol. The van der Waals surface area contributed by atoms with Crippen LogP contribution in [0, 0.1) is 5.41 Å². The van der Waals surface area contributed by atoms with E-state index in [9.17, 15) is 23.7 Å². The number of ether oxygens (including phenoxy) is 1. The third kappa shape index (κ3) is 9.27. The minimum absolute atomic E-state index is 0.0856. The van der Waals surface area contributed by atoms with Crippen molar-refractivity contribution in [2.45, 2.75) is 63.5 Å². The summed E-state index contributed by atoms with van der Waals surface area (Å²) < 4.78 is 21.5. The van der Waals surface area contributed by atoms with Crippen LogP contribution in [0.3, 0.4) is 0 Å². The molecule has 1 unspecified atom stereocenters. The van der Waals surface area contributed by atoms with Crippen LogP contribution in [0.5, 0.6) is 5.75 Å². The minimum Gasteiger partial charge on any atom is -0.494 e. The van der Waals surface area contributed by atoms with Gasteiger partial charge in [-0.1, -0.05) is 11.6 Å². The summed E-state index contributed by atoms with van der Waals surface area (Å²) in [6.45, 7) is 8.91. The Kier molecular flexibility index (Phi) is 12.7. The molecule has 8 heterocycles. The van der Waals surface area contributed by atoms with Gasteiger partial charge in [0.05, 0.1) is 52.8 Å². The lowest BCUT2D eigenvalue weighted by atomic mass is 9.72. The van der Waals surface area contributed by atoms with Crippen LogP contribution in [0.1, 0.15) is 72.1 Å². The summed E-state index contributed by atoms with van der Waals surface area (Å²) in [6, 6.07) is 12.7. The number of rotatable bonds is 11. The summed E-state index contributed by atoms with van der Waals surface area (Å²) in [5, 5.41) is 14.3.